The van der Waals surface area contributed by atoms with Crippen LogP contribution in [0.15, 0.2) is 24.3 Å². The Balaban J connectivity index is 1.32. The molecule has 2 fully saturated rings. The molecule has 0 radical (unpaired) electrons. The minimum atomic E-state index is -1.20. The highest BCUT2D eigenvalue weighted by Gasteiger charge is 2.41. The van der Waals surface area contributed by atoms with Crippen LogP contribution < -0.4 is 10.6 Å². The second kappa shape index (κ2) is 23.3. The third kappa shape index (κ3) is 14.6. The average molecular weight is 701 g/mol. The van der Waals surface area contributed by atoms with Crippen molar-refractivity contribution in [2.45, 2.75) is 166 Å². The molecular formula is C39H64N4O7. The summed E-state index contributed by atoms with van der Waals surface area (Å²) in [5.41, 5.74) is 0.637. The molecule has 3 rings (SSSR count). The molecule has 4 atom stereocenters. The number of hydrogen-bond donors (Lipinski definition) is 5. The monoisotopic (exact) mass is 700 g/mol. The Kier molecular flexibility index (Phi) is 19.2. The fourth-order valence-electron chi connectivity index (χ4n) is 7.35. The van der Waals surface area contributed by atoms with Crippen LogP contribution in [-0.2, 0) is 25.6 Å². The number of carboxylic acid groups (broad SMARTS) is 1. The molecule has 1 unspecified atom stereocenters. The summed E-state index contributed by atoms with van der Waals surface area (Å²) in [4.78, 5) is 54.6. The fourth-order valence-corrected chi connectivity index (χ4v) is 7.35. The number of nitrogens with one attached hydrogen (secondary N) is 2. The maximum atomic E-state index is 13.7. The van der Waals surface area contributed by atoms with Gasteiger partial charge in [-0.1, -0.05) is 109 Å². The van der Waals surface area contributed by atoms with Crippen molar-refractivity contribution in [2.75, 3.05) is 19.6 Å². The zero-order valence-electron chi connectivity index (χ0n) is 30.5. The van der Waals surface area contributed by atoms with Crippen molar-refractivity contribution in [3.05, 3.63) is 29.8 Å². The molecule has 2 aliphatic heterocycles. The van der Waals surface area contributed by atoms with Gasteiger partial charge in [-0.25, -0.2) is 4.79 Å². The van der Waals surface area contributed by atoms with Crippen LogP contribution in [0.1, 0.15) is 141 Å². The Bertz CT molecular complexity index is 1160. The lowest BCUT2D eigenvalue weighted by molar-refractivity contribution is -0.146. The van der Waals surface area contributed by atoms with E-state index in [1.165, 1.54) is 89.2 Å². The smallest absolute Gasteiger partial charge is 0.326 e. The molecule has 282 valence electrons. The molecule has 2 aliphatic rings. The molecule has 11 nitrogen and oxygen atoms in total. The summed E-state index contributed by atoms with van der Waals surface area (Å²) in [6, 6.07) is 3.82. The number of carbonyl (C=O) groups excluding carboxylic acids is 3. The van der Waals surface area contributed by atoms with Gasteiger partial charge < -0.3 is 30.4 Å². The van der Waals surface area contributed by atoms with E-state index in [1.54, 1.807) is 21.9 Å². The largest absolute Gasteiger partial charge is 0.508 e. The predicted molar refractivity (Wildman–Crippen MR) is 194 cm³/mol. The van der Waals surface area contributed by atoms with Gasteiger partial charge in [0, 0.05) is 25.9 Å². The number of amides is 3. The number of likely N-dealkylation sites (tertiary alicyclic amines) is 2. The van der Waals surface area contributed by atoms with Crippen molar-refractivity contribution in [3.63, 3.8) is 0 Å². The number of benzene rings is 1. The van der Waals surface area contributed by atoms with Gasteiger partial charge in [0.1, 0.15) is 24.1 Å². The van der Waals surface area contributed by atoms with E-state index in [0.29, 0.717) is 44.3 Å². The zero-order chi connectivity index (χ0) is 36.1. The quantitative estimate of drug-likeness (QED) is 0.0646. The lowest BCUT2D eigenvalue weighted by atomic mass is 10.0. The average Bonchev–Trinajstić information content (AvgIpc) is 3.80. The Morgan fingerprint density at radius 2 is 1.32 bits per heavy atom. The Morgan fingerprint density at radius 1 is 0.780 bits per heavy atom. The highest BCUT2D eigenvalue weighted by molar-refractivity contribution is 5.89. The summed E-state index contributed by atoms with van der Waals surface area (Å²) in [5, 5.41) is 35.2. The predicted octanol–water partition coefficient (Wildman–Crippen LogP) is 5.66. The number of aliphatic carboxylic acids is 1. The van der Waals surface area contributed by atoms with Gasteiger partial charge in [0.25, 0.3) is 0 Å². The van der Waals surface area contributed by atoms with E-state index < -0.39 is 36.2 Å². The van der Waals surface area contributed by atoms with Gasteiger partial charge in [-0.15, -0.1) is 0 Å². The van der Waals surface area contributed by atoms with E-state index in [9.17, 15) is 34.5 Å². The molecule has 1 aromatic rings. The molecule has 1 aromatic carbocycles. The van der Waals surface area contributed by atoms with Gasteiger partial charge in [-0.3, -0.25) is 19.7 Å². The standard InChI is InChI=1S/C39H64N4O7/c1-2-3-4-5-6-7-8-9-10-11-12-13-14-15-16-21-36(46)42-26-18-20-34(42)38(48)43-27-17-19-33(43)37(47)40-29-35(45)41-32(39(49)50)28-30-22-24-31(44)25-23-30/h22-25,32-34,37,40,44,47H,2-21,26-29H2,1H3,(H,41,45)(H,49,50)/t32-,33-,34-,37?/m0/s1. The zero-order valence-corrected chi connectivity index (χ0v) is 30.5. The van der Waals surface area contributed by atoms with Crippen LogP contribution in [0.25, 0.3) is 0 Å². The summed E-state index contributed by atoms with van der Waals surface area (Å²) < 4.78 is 0. The fraction of sp³-hybridized carbons (Fsp3) is 0.744. The minimum absolute atomic E-state index is 0.0296. The lowest BCUT2D eigenvalue weighted by Crippen LogP contribution is -2.55. The first kappa shape index (κ1) is 41.2. The number of rotatable bonds is 25. The van der Waals surface area contributed by atoms with Gasteiger partial charge in [-0.05, 0) is 49.8 Å². The maximum absolute atomic E-state index is 13.7. The van der Waals surface area contributed by atoms with E-state index in [0.717, 1.165) is 25.7 Å². The van der Waals surface area contributed by atoms with Crippen LogP contribution in [0.4, 0.5) is 0 Å². The van der Waals surface area contributed by atoms with Gasteiger partial charge in [-0.2, -0.15) is 0 Å². The van der Waals surface area contributed by atoms with Crippen LogP contribution in [0.2, 0.25) is 0 Å². The van der Waals surface area contributed by atoms with Crippen molar-refractivity contribution in [2.24, 2.45) is 0 Å². The van der Waals surface area contributed by atoms with E-state index >= 15 is 0 Å². The first-order chi connectivity index (χ1) is 24.2. The Hall–Kier alpha value is -3.18. The van der Waals surface area contributed by atoms with Crippen LogP contribution in [0, 0.1) is 0 Å². The SMILES string of the molecule is CCCCCCCCCCCCCCCCCC(=O)N1CCC[C@H]1C(=O)N1CCC[C@H]1C(O)NCC(=O)N[C@@H](Cc1ccc(O)cc1)C(=O)O. The molecule has 0 saturated carbocycles. The number of unbranched alkanes of at least 4 members (excludes halogenated alkanes) is 14. The summed E-state index contributed by atoms with van der Waals surface area (Å²) in [5.74, 6) is -1.86. The van der Waals surface area contributed by atoms with Crippen LogP contribution in [-0.4, -0.2) is 92.8 Å². The first-order valence-electron chi connectivity index (χ1n) is 19.5. The highest BCUT2D eigenvalue weighted by atomic mass is 16.4. The number of aromatic hydroxyl groups is 1. The molecule has 2 heterocycles. The molecule has 0 aliphatic carbocycles. The number of hydrogen-bond acceptors (Lipinski definition) is 7. The molecular weight excluding hydrogens is 636 g/mol. The van der Waals surface area contributed by atoms with Crippen molar-refractivity contribution in [1.29, 1.82) is 0 Å². The summed E-state index contributed by atoms with van der Waals surface area (Å²) in [6.45, 7) is 2.98. The Morgan fingerprint density at radius 3 is 1.90 bits per heavy atom. The number of aliphatic hydroxyl groups is 1. The van der Waals surface area contributed by atoms with Gasteiger partial charge in [0.2, 0.25) is 17.7 Å². The molecule has 0 bridgehead atoms. The normalized spacial score (nSPS) is 18.7. The summed E-state index contributed by atoms with van der Waals surface area (Å²) in [6.07, 6.45) is 21.0. The van der Waals surface area contributed by atoms with Crippen molar-refractivity contribution < 1.29 is 34.5 Å². The third-order valence-corrected chi connectivity index (χ3v) is 10.3. The number of carbonyl (C=O) groups is 4. The molecule has 5 N–H and O–H groups in total. The maximum Gasteiger partial charge on any atom is 0.326 e. The van der Waals surface area contributed by atoms with Crippen molar-refractivity contribution >= 4 is 23.7 Å². The summed E-state index contributed by atoms with van der Waals surface area (Å²) >= 11 is 0. The molecule has 0 aromatic heterocycles. The molecule has 3 amide bonds. The molecule has 0 spiro atoms. The lowest BCUT2D eigenvalue weighted by Gasteiger charge is -2.33. The number of phenolic OH excluding ortho intramolecular Hbond substituents is 1. The van der Waals surface area contributed by atoms with Gasteiger partial charge in [0.05, 0.1) is 12.6 Å². The van der Waals surface area contributed by atoms with E-state index in [1.807, 2.05) is 0 Å². The number of carboxylic acids is 1. The molecule has 2 saturated heterocycles. The van der Waals surface area contributed by atoms with E-state index in [2.05, 4.69) is 17.6 Å². The highest BCUT2D eigenvalue weighted by Crippen LogP contribution is 2.27. The second-order valence-corrected chi connectivity index (χ2v) is 14.3. The van der Waals surface area contributed by atoms with E-state index in [-0.39, 0.29) is 30.5 Å². The van der Waals surface area contributed by atoms with E-state index in [4.69, 9.17) is 0 Å². The minimum Gasteiger partial charge on any atom is -0.508 e. The molecule has 50 heavy (non-hydrogen) atoms. The van der Waals surface area contributed by atoms with Crippen LogP contribution in [0.3, 0.4) is 0 Å². The topological polar surface area (TPSA) is 160 Å². The molecule has 11 heteroatoms. The first-order valence-corrected chi connectivity index (χ1v) is 19.5. The second-order valence-electron chi connectivity index (χ2n) is 14.3. The van der Waals surface area contributed by atoms with Gasteiger partial charge in [0.15, 0.2) is 0 Å². The van der Waals surface area contributed by atoms with Crippen LogP contribution >= 0.6 is 0 Å². The number of nitrogens with zero attached hydrogens (tertiary/aromatic N) is 2. The third-order valence-electron chi connectivity index (χ3n) is 10.3. The van der Waals surface area contributed by atoms with Crippen LogP contribution in [0.5, 0.6) is 5.75 Å². The van der Waals surface area contributed by atoms with Crippen molar-refractivity contribution in [1.82, 2.24) is 20.4 Å². The Labute approximate surface area is 299 Å². The van der Waals surface area contributed by atoms with Crippen molar-refractivity contribution in [3.8, 4) is 5.75 Å². The summed E-state index contributed by atoms with van der Waals surface area (Å²) in [7, 11) is 0. The van der Waals surface area contributed by atoms with Gasteiger partial charge >= 0.3 is 5.97 Å². The number of phenols is 1. The number of aliphatic hydroxyl groups excluding tert-OH is 1.